The first-order chi connectivity index (χ1) is 31.7. The molecule has 5 aliphatic carbocycles. The summed E-state index contributed by atoms with van der Waals surface area (Å²) in [5.74, 6) is 0.708. The lowest BCUT2D eigenvalue weighted by Crippen LogP contribution is -2.25. The molecule has 0 aromatic heterocycles. The van der Waals surface area contributed by atoms with Crippen LogP contribution in [-0.2, 0) is 21.7 Å². The van der Waals surface area contributed by atoms with Crippen molar-refractivity contribution in [2.75, 3.05) is 0 Å². The Balaban J connectivity index is 1.08. The highest BCUT2D eigenvalue weighted by atomic mass is 14.5. The van der Waals surface area contributed by atoms with E-state index in [1.807, 2.05) is 0 Å². The van der Waals surface area contributed by atoms with Crippen LogP contribution in [0.25, 0.3) is 72.3 Å². The van der Waals surface area contributed by atoms with Crippen LogP contribution in [-0.4, -0.2) is 0 Å². The summed E-state index contributed by atoms with van der Waals surface area (Å²) < 4.78 is 0. The maximum Gasteiger partial charge on any atom is 0.0159 e. The molecule has 0 saturated carbocycles. The standard InChI is InChI=1S/C66H56/c1-63(2)55-21-13-9-17-43(55)47-29-25-39(33-59(47)63)51-37-53(41-27-31-49-45-19-11-15-23-57(45)65(5,6)61(49)35-41)54(42-28-32-50-46-20-12-16-24-58(46)66(7,8)62(50)36-42)38-52(51)40-26-30-48-44-18-10-14-22-56(44)64(3,4)60(48)34-40/h9-38,47,59H,1-8H3. The fourth-order valence-corrected chi connectivity index (χ4v) is 13.5. The fourth-order valence-electron chi connectivity index (χ4n) is 13.5. The van der Waals surface area contributed by atoms with E-state index in [4.69, 9.17) is 0 Å². The van der Waals surface area contributed by atoms with Crippen LogP contribution >= 0.6 is 0 Å². The number of fused-ring (bicyclic) bond motifs is 12. The van der Waals surface area contributed by atoms with Gasteiger partial charge in [0.1, 0.15) is 0 Å². The first-order valence-corrected chi connectivity index (χ1v) is 24.2. The quantitative estimate of drug-likeness (QED) is 0.166. The van der Waals surface area contributed by atoms with Crippen molar-refractivity contribution in [1.82, 2.24) is 0 Å². The third-order valence-corrected chi connectivity index (χ3v) is 17.2. The Labute approximate surface area is 391 Å². The van der Waals surface area contributed by atoms with Crippen molar-refractivity contribution >= 4 is 5.57 Å². The molecule has 0 amide bonds. The van der Waals surface area contributed by atoms with E-state index in [2.05, 4.69) is 237 Å². The average molecular weight is 849 g/mol. The zero-order valence-corrected chi connectivity index (χ0v) is 39.5. The summed E-state index contributed by atoms with van der Waals surface area (Å²) in [5, 5.41) is 0. The highest BCUT2D eigenvalue weighted by molar-refractivity contribution is 5.98. The molecule has 0 radical (unpaired) electrons. The molecule has 2 atom stereocenters. The van der Waals surface area contributed by atoms with Gasteiger partial charge in [0, 0.05) is 22.2 Å². The lowest BCUT2D eigenvalue weighted by atomic mass is 9.72. The van der Waals surface area contributed by atoms with Gasteiger partial charge in [-0.1, -0.05) is 207 Å². The first kappa shape index (κ1) is 39.6. The molecule has 0 heterocycles. The van der Waals surface area contributed by atoms with E-state index < -0.39 is 0 Å². The molecule has 66 heavy (non-hydrogen) atoms. The SMILES string of the molecule is CC1(C)c2ccccc2-c2ccc(-c3cc(-c4ccc5c(c4)C(C)(C)c4ccccc4-5)c(-c4ccc5c(c4)C(C)(C)c4ccccc4-5)cc3C3=CC4C(C=C3)c3ccccc3C4(C)C)cc21. The van der Waals surface area contributed by atoms with Crippen molar-refractivity contribution < 1.29 is 0 Å². The van der Waals surface area contributed by atoms with Gasteiger partial charge in [0.15, 0.2) is 0 Å². The number of hydrogen-bond acceptors (Lipinski definition) is 0. The fraction of sp³-hybridized carbons (Fsp3) is 0.212. The molecular weight excluding hydrogens is 793 g/mol. The summed E-state index contributed by atoms with van der Waals surface area (Å²) in [7, 11) is 0. The van der Waals surface area contributed by atoms with Crippen LogP contribution in [0, 0.1) is 5.92 Å². The topological polar surface area (TPSA) is 0 Å². The van der Waals surface area contributed by atoms with Crippen molar-refractivity contribution in [2.24, 2.45) is 5.92 Å². The predicted molar refractivity (Wildman–Crippen MR) is 278 cm³/mol. The summed E-state index contributed by atoms with van der Waals surface area (Å²) in [6.07, 6.45) is 7.60. The number of allylic oxidation sites excluding steroid dienone is 4. The van der Waals surface area contributed by atoms with Gasteiger partial charge in [0.2, 0.25) is 0 Å². The first-order valence-electron chi connectivity index (χ1n) is 24.2. The lowest BCUT2D eigenvalue weighted by molar-refractivity contribution is 0.395. The Morgan fingerprint density at radius 1 is 0.318 bits per heavy atom. The van der Waals surface area contributed by atoms with E-state index >= 15 is 0 Å². The van der Waals surface area contributed by atoms with Crippen molar-refractivity contribution in [3.05, 3.63) is 232 Å². The van der Waals surface area contributed by atoms with Gasteiger partial charge in [-0.05, 0) is 164 Å². The van der Waals surface area contributed by atoms with Crippen molar-refractivity contribution in [3.8, 4) is 66.8 Å². The molecule has 13 rings (SSSR count). The summed E-state index contributed by atoms with van der Waals surface area (Å²) in [4.78, 5) is 0. The molecule has 0 heteroatoms. The van der Waals surface area contributed by atoms with Gasteiger partial charge in [-0.3, -0.25) is 0 Å². The molecule has 0 aliphatic heterocycles. The average Bonchev–Trinajstić information content (AvgIpc) is 3.91. The van der Waals surface area contributed by atoms with Crippen molar-refractivity contribution in [2.45, 2.75) is 83.0 Å². The molecule has 0 spiro atoms. The highest BCUT2D eigenvalue weighted by Crippen LogP contribution is 2.57. The highest BCUT2D eigenvalue weighted by Gasteiger charge is 2.45. The van der Waals surface area contributed by atoms with E-state index in [-0.39, 0.29) is 21.7 Å². The molecule has 320 valence electrons. The second-order valence-corrected chi connectivity index (χ2v) is 22.1. The summed E-state index contributed by atoms with van der Waals surface area (Å²) in [6.45, 7) is 19.3. The minimum atomic E-state index is -0.116. The maximum atomic E-state index is 2.64. The van der Waals surface area contributed by atoms with E-state index in [1.165, 1.54) is 122 Å². The van der Waals surface area contributed by atoms with Crippen molar-refractivity contribution in [1.29, 1.82) is 0 Å². The molecule has 0 fully saturated rings. The van der Waals surface area contributed by atoms with Crippen LogP contribution in [0.2, 0.25) is 0 Å². The van der Waals surface area contributed by atoms with Gasteiger partial charge in [-0.25, -0.2) is 0 Å². The smallest absolute Gasteiger partial charge is 0.0159 e. The molecule has 0 N–H and O–H groups in total. The molecule has 8 aromatic rings. The largest absolute Gasteiger partial charge is 0.0758 e. The van der Waals surface area contributed by atoms with E-state index in [0.29, 0.717) is 11.8 Å². The number of rotatable bonds is 4. The zero-order chi connectivity index (χ0) is 45.1. The van der Waals surface area contributed by atoms with Crippen LogP contribution < -0.4 is 0 Å². The second-order valence-electron chi connectivity index (χ2n) is 22.1. The molecule has 0 bridgehead atoms. The molecule has 2 unspecified atom stereocenters. The monoisotopic (exact) mass is 848 g/mol. The Hall–Kier alpha value is -6.76. The van der Waals surface area contributed by atoms with E-state index in [9.17, 15) is 0 Å². The Morgan fingerprint density at radius 2 is 0.682 bits per heavy atom. The van der Waals surface area contributed by atoms with Gasteiger partial charge in [0.05, 0.1) is 0 Å². The van der Waals surface area contributed by atoms with Crippen LogP contribution in [0.5, 0.6) is 0 Å². The number of benzene rings is 8. The minimum absolute atomic E-state index is 0.00105. The van der Waals surface area contributed by atoms with Gasteiger partial charge in [-0.15, -0.1) is 0 Å². The number of hydrogen-bond donors (Lipinski definition) is 0. The summed E-state index contributed by atoms with van der Waals surface area (Å²) >= 11 is 0. The van der Waals surface area contributed by atoms with Crippen LogP contribution in [0.4, 0.5) is 0 Å². The van der Waals surface area contributed by atoms with Gasteiger partial charge in [-0.2, -0.15) is 0 Å². The third-order valence-electron chi connectivity index (χ3n) is 17.2. The third kappa shape index (κ3) is 5.28. The van der Waals surface area contributed by atoms with Crippen molar-refractivity contribution in [3.63, 3.8) is 0 Å². The normalized spacial score (nSPS) is 19.7. The molecule has 8 aromatic carbocycles. The molecule has 0 saturated heterocycles. The summed E-state index contributed by atoms with van der Waals surface area (Å²) in [5.41, 5.74) is 29.3. The minimum Gasteiger partial charge on any atom is -0.0758 e. The Kier molecular flexibility index (Phi) is 8.05. The molecule has 5 aliphatic rings. The van der Waals surface area contributed by atoms with Gasteiger partial charge < -0.3 is 0 Å². The molecule has 0 nitrogen and oxygen atoms in total. The zero-order valence-electron chi connectivity index (χ0n) is 39.5. The maximum absolute atomic E-state index is 2.64. The van der Waals surface area contributed by atoms with E-state index in [0.717, 1.165) is 0 Å². The van der Waals surface area contributed by atoms with Crippen LogP contribution in [0.3, 0.4) is 0 Å². The lowest BCUT2D eigenvalue weighted by Gasteiger charge is -2.31. The Morgan fingerprint density at radius 3 is 1.14 bits per heavy atom. The van der Waals surface area contributed by atoms with Gasteiger partial charge >= 0.3 is 0 Å². The van der Waals surface area contributed by atoms with E-state index in [1.54, 1.807) is 0 Å². The molecular formula is C66H56. The van der Waals surface area contributed by atoms with Crippen LogP contribution in [0.15, 0.2) is 182 Å². The second kappa shape index (κ2) is 13.4. The predicted octanol–water partition coefficient (Wildman–Crippen LogP) is 17.3. The van der Waals surface area contributed by atoms with Crippen LogP contribution in [0.1, 0.15) is 111 Å². The van der Waals surface area contributed by atoms with Gasteiger partial charge in [0.25, 0.3) is 0 Å². The summed E-state index contributed by atoms with van der Waals surface area (Å²) in [6, 6.07) is 63.4. The Bertz CT molecular complexity index is 3480.